The number of nitrogens with two attached hydrogens (primary N) is 2. The molecule has 12 heteroatoms. The highest BCUT2D eigenvalue weighted by Gasteiger charge is 2.23. The lowest BCUT2D eigenvalue weighted by molar-refractivity contribution is 0.0524. The number of nitrogen functional groups attached to an aromatic ring is 2. The van der Waals surface area contributed by atoms with Gasteiger partial charge in [-0.2, -0.15) is 4.98 Å². The lowest BCUT2D eigenvalue weighted by atomic mass is 10.0. The maximum Gasteiger partial charge on any atom is 0.343 e. The smallest absolute Gasteiger partial charge is 0.343 e. The molecule has 0 fully saturated rings. The summed E-state index contributed by atoms with van der Waals surface area (Å²) < 4.78 is 49.2. The molecule has 10 nitrogen and oxygen atoms in total. The minimum atomic E-state index is -1.10. The fourth-order valence-electron chi connectivity index (χ4n) is 4.81. The zero-order valence-corrected chi connectivity index (χ0v) is 24.5. The molecule has 2 aromatic heterocycles. The van der Waals surface area contributed by atoms with Crippen LogP contribution in [0.3, 0.4) is 0 Å². The molecule has 0 saturated carbocycles. The molecule has 0 unspecified atom stereocenters. The lowest BCUT2D eigenvalue weighted by Crippen LogP contribution is -2.21. The number of pyridine rings is 1. The van der Waals surface area contributed by atoms with Gasteiger partial charge in [-0.1, -0.05) is 30.0 Å². The molecular formula is C33H27F2N5O5. The first-order valence-electron chi connectivity index (χ1n) is 13.6. The van der Waals surface area contributed by atoms with Gasteiger partial charge in [0.2, 0.25) is 11.4 Å². The molecule has 0 aliphatic carbocycles. The Kier molecular flexibility index (Phi) is 8.62. The van der Waals surface area contributed by atoms with Crippen molar-refractivity contribution in [3.63, 3.8) is 0 Å². The molecule has 0 saturated heterocycles. The highest BCUT2D eigenvalue weighted by Crippen LogP contribution is 2.34. The van der Waals surface area contributed by atoms with E-state index < -0.39 is 28.6 Å². The Labute approximate surface area is 256 Å². The molecule has 3 aromatic carbocycles. The highest BCUT2D eigenvalue weighted by atomic mass is 19.1. The third kappa shape index (κ3) is 5.96. The van der Waals surface area contributed by atoms with E-state index in [4.69, 9.17) is 25.7 Å². The summed E-state index contributed by atoms with van der Waals surface area (Å²) in [5.41, 5.74) is 11.4. The maximum absolute atomic E-state index is 16.3. The molecular weight excluding hydrogens is 584 g/mol. The van der Waals surface area contributed by atoms with Crippen LogP contribution >= 0.6 is 0 Å². The van der Waals surface area contributed by atoms with E-state index in [1.807, 2.05) is 0 Å². The summed E-state index contributed by atoms with van der Waals surface area (Å²) in [4.78, 5) is 33.8. The van der Waals surface area contributed by atoms with E-state index in [-0.39, 0.29) is 52.6 Å². The number of halogens is 2. The Hall–Kier alpha value is -5.96. The molecule has 45 heavy (non-hydrogen) atoms. The topological polar surface area (TPSA) is 145 Å². The second-order valence-electron chi connectivity index (χ2n) is 9.69. The molecule has 0 bridgehead atoms. The van der Waals surface area contributed by atoms with E-state index in [0.29, 0.717) is 22.6 Å². The average molecular weight is 612 g/mol. The fourth-order valence-corrected chi connectivity index (χ4v) is 4.81. The van der Waals surface area contributed by atoms with Crippen LogP contribution in [0.25, 0.3) is 16.6 Å². The number of hydrogen-bond acceptors (Lipinski definition) is 9. The predicted octanol–water partition coefficient (Wildman–Crippen LogP) is 4.41. The maximum atomic E-state index is 16.3. The first kappa shape index (κ1) is 30.5. The summed E-state index contributed by atoms with van der Waals surface area (Å²) in [5, 5.41) is -0.352. The fraction of sp³-hybridized carbons (Fsp3) is 0.152. The zero-order chi connectivity index (χ0) is 32.2. The summed E-state index contributed by atoms with van der Waals surface area (Å²) in [5.74, 6) is 3.04. The number of carbonyl (C=O) groups excluding carboxylic acids is 1. The molecule has 4 N–H and O–H groups in total. The molecule has 0 aliphatic heterocycles. The summed E-state index contributed by atoms with van der Waals surface area (Å²) in [6.45, 7) is 1.59. The Morgan fingerprint density at radius 3 is 2.47 bits per heavy atom. The molecule has 0 aliphatic rings. The second kappa shape index (κ2) is 12.7. The molecule has 0 spiro atoms. The summed E-state index contributed by atoms with van der Waals surface area (Å²) in [7, 11) is 2.85. The van der Waals surface area contributed by atoms with Gasteiger partial charge in [0.25, 0.3) is 0 Å². The van der Waals surface area contributed by atoms with Crippen molar-refractivity contribution < 1.29 is 27.8 Å². The van der Waals surface area contributed by atoms with Crippen LogP contribution in [0.2, 0.25) is 0 Å². The van der Waals surface area contributed by atoms with Crippen LogP contribution in [0.1, 0.15) is 39.5 Å². The molecule has 5 aromatic rings. The second-order valence-corrected chi connectivity index (χ2v) is 9.69. The quantitative estimate of drug-likeness (QED) is 0.202. The van der Waals surface area contributed by atoms with Crippen molar-refractivity contribution in [2.45, 2.75) is 13.3 Å². The van der Waals surface area contributed by atoms with Crippen molar-refractivity contribution in [3.8, 4) is 29.0 Å². The van der Waals surface area contributed by atoms with Crippen molar-refractivity contribution in [1.82, 2.24) is 14.5 Å². The number of benzene rings is 3. The minimum absolute atomic E-state index is 0.00941. The monoisotopic (exact) mass is 611 g/mol. The number of aromatic nitrogens is 3. The minimum Gasteiger partial charge on any atom is -0.493 e. The summed E-state index contributed by atoms with van der Waals surface area (Å²) >= 11 is 0. The van der Waals surface area contributed by atoms with Gasteiger partial charge in [-0.15, -0.1) is 0 Å². The van der Waals surface area contributed by atoms with Crippen molar-refractivity contribution in [2.24, 2.45) is 0 Å². The number of carbonyl (C=O) groups is 1. The molecule has 228 valence electrons. The first-order valence-corrected chi connectivity index (χ1v) is 13.6. The Balaban J connectivity index is 1.70. The number of hydrogen-bond donors (Lipinski definition) is 2. The van der Waals surface area contributed by atoms with E-state index >= 15 is 8.78 Å². The largest absolute Gasteiger partial charge is 0.493 e. The van der Waals surface area contributed by atoms with Crippen LogP contribution in [-0.4, -0.2) is 41.3 Å². The van der Waals surface area contributed by atoms with Crippen LogP contribution in [0.5, 0.6) is 11.5 Å². The molecule has 2 heterocycles. The SMILES string of the molecule is CCOC(=O)c1cn(-c2ccccc2)c2c(F)c(C#Cc3cc(Cc4cnc(N)nc4N)cc(OC)c3OC)c(F)cc2c1=O. The van der Waals surface area contributed by atoms with Gasteiger partial charge in [-0.25, -0.2) is 18.6 Å². The number of fused-ring (bicyclic) bond motifs is 1. The van der Waals surface area contributed by atoms with Crippen molar-refractivity contribution in [3.05, 3.63) is 111 Å². The highest BCUT2D eigenvalue weighted by molar-refractivity contribution is 5.95. The number of para-hydroxylation sites is 1. The number of rotatable bonds is 7. The lowest BCUT2D eigenvalue weighted by Gasteiger charge is -2.15. The van der Waals surface area contributed by atoms with E-state index in [1.165, 1.54) is 31.2 Å². The number of methoxy groups -OCH3 is 2. The van der Waals surface area contributed by atoms with Crippen LogP contribution in [0, 0.1) is 23.5 Å². The van der Waals surface area contributed by atoms with Gasteiger partial charge in [0.15, 0.2) is 17.3 Å². The molecule has 0 atom stereocenters. The molecule has 0 amide bonds. The third-order valence-electron chi connectivity index (χ3n) is 6.88. The number of ether oxygens (including phenoxy) is 3. The Bertz CT molecular complexity index is 2070. The first-order chi connectivity index (χ1) is 21.7. The standard InChI is InChI=1S/C33H27F2N5O5/c1-4-45-32(42)24-17-40(21-8-6-5-7-9-21)28-23(29(24)41)15-25(34)22(27(28)35)11-10-19-12-18(14-26(43-2)30(19)44-3)13-20-16-38-33(37)39-31(20)36/h5-9,12,14-17H,4,13H2,1-3H3,(H4,36,37,38,39). The van der Waals surface area contributed by atoms with Crippen LogP contribution in [0.15, 0.2) is 65.7 Å². The zero-order valence-electron chi connectivity index (χ0n) is 24.5. The van der Waals surface area contributed by atoms with Crippen molar-refractivity contribution in [2.75, 3.05) is 32.3 Å². The van der Waals surface area contributed by atoms with E-state index in [2.05, 4.69) is 21.8 Å². The van der Waals surface area contributed by atoms with Gasteiger partial charge in [-0.3, -0.25) is 4.79 Å². The predicted molar refractivity (Wildman–Crippen MR) is 165 cm³/mol. The van der Waals surface area contributed by atoms with Crippen molar-refractivity contribution in [1.29, 1.82) is 0 Å². The third-order valence-corrected chi connectivity index (χ3v) is 6.88. The Morgan fingerprint density at radius 1 is 1.04 bits per heavy atom. The van der Waals surface area contributed by atoms with E-state index in [0.717, 1.165) is 6.07 Å². The Morgan fingerprint density at radius 2 is 1.80 bits per heavy atom. The van der Waals surface area contributed by atoms with Gasteiger partial charge < -0.3 is 30.2 Å². The number of esters is 1. The van der Waals surface area contributed by atoms with Crippen molar-refractivity contribution >= 4 is 28.6 Å². The normalized spacial score (nSPS) is 10.7. The average Bonchev–Trinajstić information content (AvgIpc) is 3.03. The molecule has 0 radical (unpaired) electrons. The van der Waals surface area contributed by atoms with E-state index in [1.54, 1.807) is 49.4 Å². The molecule has 5 rings (SSSR count). The number of anilines is 2. The van der Waals surface area contributed by atoms with Crippen LogP contribution in [0.4, 0.5) is 20.5 Å². The van der Waals surface area contributed by atoms with Crippen LogP contribution in [-0.2, 0) is 11.2 Å². The number of nitrogens with zero attached hydrogens (tertiary/aromatic N) is 3. The van der Waals surface area contributed by atoms with Crippen LogP contribution < -0.4 is 26.4 Å². The van der Waals surface area contributed by atoms with Gasteiger partial charge in [0, 0.05) is 30.1 Å². The van der Waals surface area contributed by atoms with Gasteiger partial charge in [0.1, 0.15) is 17.2 Å². The summed E-state index contributed by atoms with van der Waals surface area (Å²) in [6, 6.07) is 12.7. The van der Waals surface area contributed by atoms with Gasteiger partial charge in [0.05, 0.1) is 42.9 Å². The van der Waals surface area contributed by atoms with Gasteiger partial charge >= 0.3 is 5.97 Å². The van der Waals surface area contributed by atoms with Gasteiger partial charge in [-0.05, 0) is 42.8 Å². The van der Waals surface area contributed by atoms with E-state index in [9.17, 15) is 9.59 Å². The summed E-state index contributed by atoms with van der Waals surface area (Å²) in [6.07, 6.45) is 2.95.